The number of furan rings is 1. The quantitative estimate of drug-likeness (QED) is 0.142. The molecule has 7 nitrogen and oxygen atoms in total. The molecule has 0 unspecified atom stereocenters. The summed E-state index contributed by atoms with van der Waals surface area (Å²) in [7, 11) is 1.60. The number of halogens is 2. The van der Waals surface area contributed by atoms with Crippen LogP contribution in [0.1, 0.15) is 25.8 Å². The van der Waals surface area contributed by atoms with Crippen LogP contribution in [0.4, 0.5) is 0 Å². The van der Waals surface area contributed by atoms with Gasteiger partial charge in [-0.25, -0.2) is 4.98 Å². The van der Waals surface area contributed by atoms with Gasteiger partial charge in [-0.05, 0) is 90.0 Å². The monoisotopic (exact) mass is 627 g/mol. The fourth-order valence-electron chi connectivity index (χ4n) is 3.85. The summed E-state index contributed by atoms with van der Waals surface area (Å²) in [5, 5.41) is 6.39. The SMILES string of the molecule is CC[C@@H](C)Oc1c(I)cc(C=Nn2c(-c3cc4cc(Cl)ccc4o3)nc3ccccc3c2=O)cc1OC. The van der Waals surface area contributed by atoms with E-state index in [1.54, 1.807) is 55.8 Å². The number of para-hydroxylation sites is 1. The van der Waals surface area contributed by atoms with Crippen LogP contribution in [0, 0.1) is 3.57 Å². The Bertz CT molecular complexity index is 1710. The van der Waals surface area contributed by atoms with E-state index in [1.165, 1.54) is 4.68 Å². The molecule has 9 heteroatoms. The van der Waals surface area contributed by atoms with Gasteiger partial charge in [0.1, 0.15) is 5.58 Å². The van der Waals surface area contributed by atoms with E-state index in [1.807, 2.05) is 25.1 Å². The van der Waals surface area contributed by atoms with Crippen LogP contribution in [0.5, 0.6) is 11.5 Å². The maximum Gasteiger partial charge on any atom is 0.282 e. The number of nitrogens with zero attached hydrogens (tertiary/aromatic N) is 3. The van der Waals surface area contributed by atoms with Gasteiger partial charge in [0, 0.05) is 10.4 Å². The minimum Gasteiger partial charge on any atom is -0.493 e. The van der Waals surface area contributed by atoms with Gasteiger partial charge in [0.25, 0.3) is 5.56 Å². The van der Waals surface area contributed by atoms with Crippen LogP contribution in [0.2, 0.25) is 5.02 Å². The van der Waals surface area contributed by atoms with Gasteiger partial charge in [0.2, 0.25) is 5.82 Å². The normalized spacial score (nSPS) is 12.5. The lowest BCUT2D eigenvalue weighted by Crippen LogP contribution is -2.20. The average Bonchev–Trinajstić information content (AvgIpc) is 3.32. The highest BCUT2D eigenvalue weighted by Crippen LogP contribution is 2.35. The van der Waals surface area contributed by atoms with Gasteiger partial charge in [0.05, 0.1) is 33.9 Å². The summed E-state index contributed by atoms with van der Waals surface area (Å²) in [6.07, 6.45) is 2.51. The van der Waals surface area contributed by atoms with E-state index in [-0.39, 0.29) is 17.5 Å². The summed E-state index contributed by atoms with van der Waals surface area (Å²) in [6, 6.07) is 18.0. The molecule has 0 bridgehead atoms. The Kier molecular flexibility index (Phi) is 7.21. The third-order valence-corrected chi connectivity index (χ3v) is 6.96. The summed E-state index contributed by atoms with van der Waals surface area (Å²) < 4.78 is 19.8. The second-order valence-electron chi connectivity index (χ2n) is 8.48. The summed E-state index contributed by atoms with van der Waals surface area (Å²) in [5.74, 6) is 1.96. The summed E-state index contributed by atoms with van der Waals surface area (Å²) >= 11 is 8.37. The highest BCUT2D eigenvalue weighted by Gasteiger charge is 2.17. The molecule has 0 N–H and O–H groups in total. The van der Waals surface area contributed by atoms with Crippen molar-refractivity contribution in [2.75, 3.05) is 7.11 Å². The minimum atomic E-state index is -0.311. The molecule has 0 spiro atoms. The van der Waals surface area contributed by atoms with Crippen molar-refractivity contribution in [3.05, 3.63) is 85.2 Å². The molecule has 5 aromatic rings. The highest BCUT2D eigenvalue weighted by molar-refractivity contribution is 14.1. The highest BCUT2D eigenvalue weighted by atomic mass is 127. The van der Waals surface area contributed by atoms with Gasteiger partial charge in [-0.1, -0.05) is 30.7 Å². The molecule has 2 aromatic heterocycles. The first-order chi connectivity index (χ1) is 17.9. The summed E-state index contributed by atoms with van der Waals surface area (Å²) in [6.45, 7) is 4.08. The van der Waals surface area contributed by atoms with E-state index in [9.17, 15) is 4.79 Å². The fourth-order valence-corrected chi connectivity index (χ4v) is 4.79. The van der Waals surface area contributed by atoms with Gasteiger partial charge in [-0.2, -0.15) is 9.78 Å². The molecular formula is C28H23ClIN3O4. The van der Waals surface area contributed by atoms with E-state index in [2.05, 4.69) is 34.6 Å². The number of aromatic nitrogens is 2. The van der Waals surface area contributed by atoms with Gasteiger partial charge in [0.15, 0.2) is 17.3 Å². The third-order valence-electron chi connectivity index (χ3n) is 5.92. The Hall–Kier alpha value is -3.37. The smallest absolute Gasteiger partial charge is 0.282 e. The number of hydrogen-bond donors (Lipinski definition) is 0. The zero-order valence-electron chi connectivity index (χ0n) is 20.4. The largest absolute Gasteiger partial charge is 0.493 e. The zero-order valence-corrected chi connectivity index (χ0v) is 23.3. The lowest BCUT2D eigenvalue weighted by molar-refractivity contribution is 0.206. The molecule has 3 aromatic carbocycles. The number of rotatable bonds is 7. The molecule has 0 aliphatic heterocycles. The van der Waals surface area contributed by atoms with Crippen molar-refractivity contribution in [2.45, 2.75) is 26.4 Å². The standard InChI is InChI=1S/C28H23ClIN3O4/c1-4-16(2)36-26-21(30)11-17(12-24(26)35-3)15-31-33-27(32-22-8-6-5-7-20(22)28(33)34)25-14-18-13-19(29)9-10-23(18)37-25/h5-16H,4H2,1-3H3/t16-/m1/s1. The molecule has 5 rings (SSSR count). The zero-order chi connectivity index (χ0) is 26.1. The van der Waals surface area contributed by atoms with E-state index < -0.39 is 0 Å². The van der Waals surface area contributed by atoms with Crippen LogP contribution in [0.25, 0.3) is 33.5 Å². The molecule has 37 heavy (non-hydrogen) atoms. The Morgan fingerprint density at radius 2 is 2.00 bits per heavy atom. The third kappa shape index (κ3) is 5.08. The van der Waals surface area contributed by atoms with Gasteiger partial charge >= 0.3 is 0 Å². The molecule has 0 aliphatic rings. The molecule has 0 amide bonds. The van der Waals surface area contributed by atoms with Crippen LogP contribution >= 0.6 is 34.2 Å². The van der Waals surface area contributed by atoms with E-state index in [0.29, 0.717) is 38.8 Å². The fraction of sp³-hybridized carbons (Fsp3) is 0.179. The maximum atomic E-state index is 13.5. The maximum absolute atomic E-state index is 13.5. The number of benzene rings is 3. The molecule has 0 saturated heterocycles. The first-order valence-electron chi connectivity index (χ1n) is 11.7. The number of hydrogen-bond acceptors (Lipinski definition) is 6. The molecule has 0 radical (unpaired) electrons. The number of methoxy groups -OCH3 is 1. The molecule has 0 fully saturated rings. The van der Waals surface area contributed by atoms with Crippen molar-refractivity contribution in [1.29, 1.82) is 0 Å². The second kappa shape index (κ2) is 10.5. The van der Waals surface area contributed by atoms with Crippen LogP contribution in [0.3, 0.4) is 0 Å². The molecule has 1 atom stereocenters. The van der Waals surface area contributed by atoms with E-state index in [4.69, 9.17) is 30.5 Å². The van der Waals surface area contributed by atoms with Gasteiger partial charge < -0.3 is 13.9 Å². The lowest BCUT2D eigenvalue weighted by Gasteiger charge is -2.17. The van der Waals surface area contributed by atoms with E-state index in [0.717, 1.165) is 20.9 Å². The number of ether oxygens (including phenoxy) is 2. The van der Waals surface area contributed by atoms with Gasteiger partial charge in [-0.15, -0.1) is 0 Å². The van der Waals surface area contributed by atoms with Crippen LogP contribution < -0.4 is 15.0 Å². The first-order valence-corrected chi connectivity index (χ1v) is 13.1. The van der Waals surface area contributed by atoms with Crippen molar-refractivity contribution in [2.24, 2.45) is 5.10 Å². The predicted octanol–water partition coefficient (Wildman–Crippen LogP) is 7.14. The molecule has 0 aliphatic carbocycles. The Balaban J connectivity index is 1.64. The van der Waals surface area contributed by atoms with Crippen LogP contribution in [-0.2, 0) is 0 Å². The van der Waals surface area contributed by atoms with Crippen molar-refractivity contribution in [1.82, 2.24) is 9.66 Å². The Labute approximate surface area is 231 Å². The average molecular weight is 628 g/mol. The van der Waals surface area contributed by atoms with Crippen LogP contribution in [-0.4, -0.2) is 29.1 Å². The summed E-state index contributed by atoms with van der Waals surface area (Å²) in [5.41, 5.74) is 1.61. The topological polar surface area (TPSA) is 78.9 Å². The Morgan fingerprint density at radius 3 is 2.78 bits per heavy atom. The van der Waals surface area contributed by atoms with Crippen molar-refractivity contribution in [3.63, 3.8) is 0 Å². The lowest BCUT2D eigenvalue weighted by atomic mass is 10.2. The summed E-state index contributed by atoms with van der Waals surface area (Å²) in [4.78, 5) is 18.2. The molecular weight excluding hydrogens is 605 g/mol. The van der Waals surface area contributed by atoms with Crippen LogP contribution in [0.15, 0.2) is 75.0 Å². The molecule has 2 heterocycles. The molecule has 0 saturated carbocycles. The van der Waals surface area contributed by atoms with Crippen molar-refractivity contribution < 1.29 is 13.9 Å². The minimum absolute atomic E-state index is 0.0467. The van der Waals surface area contributed by atoms with Gasteiger partial charge in [-0.3, -0.25) is 4.79 Å². The van der Waals surface area contributed by atoms with Crippen molar-refractivity contribution in [3.8, 4) is 23.1 Å². The molecule has 188 valence electrons. The Morgan fingerprint density at radius 1 is 1.19 bits per heavy atom. The number of fused-ring (bicyclic) bond motifs is 2. The predicted molar refractivity (Wildman–Crippen MR) is 155 cm³/mol. The second-order valence-corrected chi connectivity index (χ2v) is 10.1. The first kappa shape index (κ1) is 25.3. The van der Waals surface area contributed by atoms with Crippen molar-refractivity contribution >= 4 is 62.3 Å². The van der Waals surface area contributed by atoms with E-state index >= 15 is 0 Å².